The molecule has 1 aromatic carbocycles. The maximum Gasteiger partial charge on any atom is 0.422 e. The Morgan fingerprint density at radius 2 is 2.10 bits per heavy atom. The molecular formula is C13H14F3NO3. The lowest BCUT2D eigenvalue weighted by molar-refractivity contribution is -0.153. The summed E-state index contributed by atoms with van der Waals surface area (Å²) in [5.74, 6) is -0.0838. The maximum absolute atomic E-state index is 12.0. The number of nitrogens with zero attached hydrogens (tertiary/aromatic N) is 1. The van der Waals surface area contributed by atoms with Gasteiger partial charge < -0.3 is 14.7 Å². The van der Waals surface area contributed by atoms with Gasteiger partial charge in [-0.25, -0.2) is 0 Å². The van der Waals surface area contributed by atoms with E-state index >= 15 is 0 Å². The molecule has 4 nitrogen and oxygen atoms in total. The Morgan fingerprint density at radius 3 is 2.70 bits per heavy atom. The monoisotopic (exact) mass is 289 g/mol. The number of halogens is 3. The average Bonchev–Trinajstić information content (AvgIpc) is 2.32. The number of likely N-dealkylation sites (tertiary alicyclic amines) is 1. The second kappa shape index (κ2) is 5.70. The second-order valence-corrected chi connectivity index (χ2v) is 4.68. The molecule has 0 unspecified atom stereocenters. The number of hydrogen-bond acceptors (Lipinski definition) is 3. The number of aliphatic hydroxyl groups excluding tert-OH is 1. The molecule has 2 rings (SSSR count). The number of hydrogen-bond donors (Lipinski definition) is 1. The molecule has 1 aliphatic heterocycles. The van der Waals surface area contributed by atoms with Crippen molar-refractivity contribution in [1.82, 2.24) is 4.90 Å². The van der Waals surface area contributed by atoms with Crippen molar-refractivity contribution in [1.29, 1.82) is 0 Å². The van der Waals surface area contributed by atoms with E-state index in [1.165, 1.54) is 17.0 Å². The summed E-state index contributed by atoms with van der Waals surface area (Å²) in [6.07, 6.45) is -4.78. The van der Waals surface area contributed by atoms with Crippen LogP contribution in [0.2, 0.25) is 0 Å². The van der Waals surface area contributed by atoms with E-state index in [2.05, 4.69) is 4.74 Å². The van der Waals surface area contributed by atoms with Gasteiger partial charge in [0.25, 0.3) is 0 Å². The third-order valence-electron chi connectivity index (χ3n) is 2.87. The summed E-state index contributed by atoms with van der Waals surface area (Å²) < 4.78 is 40.7. The van der Waals surface area contributed by atoms with Crippen molar-refractivity contribution < 1.29 is 27.8 Å². The number of rotatable bonds is 4. The van der Waals surface area contributed by atoms with E-state index in [1.54, 1.807) is 12.1 Å². The smallest absolute Gasteiger partial charge is 0.422 e. The molecule has 1 fully saturated rings. The number of benzene rings is 1. The molecule has 0 spiro atoms. The van der Waals surface area contributed by atoms with Gasteiger partial charge in [0.2, 0.25) is 5.91 Å². The topological polar surface area (TPSA) is 49.8 Å². The number of ether oxygens (including phenoxy) is 1. The largest absolute Gasteiger partial charge is 0.484 e. The van der Waals surface area contributed by atoms with Crippen LogP contribution in [0.15, 0.2) is 24.3 Å². The van der Waals surface area contributed by atoms with Crippen molar-refractivity contribution in [2.75, 3.05) is 19.7 Å². The number of aliphatic hydroxyl groups is 1. The third-order valence-corrected chi connectivity index (χ3v) is 2.87. The lowest BCUT2D eigenvalue weighted by Gasteiger charge is -2.35. The van der Waals surface area contributed by atoms with E-state index in [9.17, 15) is 18.0 Å². The van der Waals surface area contributed by atoms with Crippen LogP contribution in [0.1, 0.15) is 5.56 Å². The van der Waals surface area contributed by atoms with Gasteiger partial charge in [-0.2, -0.15) is 13.2 Å². The van der Waals surface area contributed by atoms with E-state index in [0.717, 1.165) is 0 Å². The molecule has 110 valence electrons. The molecule has 0 radical (unpaired) electrons. The number of carbonyl (C=O) groups is 1. The predicted octanol–water partition coefficient (Wildman–Crippen LogP) is 1.37. The van der Waals surface area contributed by atoms with Gasteiger partial charge in [0.15, 0.2) is 6.61 Å². The normalized spacial score (nSPS) is 15.9. The van der Waals surface area contributed by atoms with Gasteiger partial charge >= 0.3 is 6.18 Å². The highest BCUT2D eigenvalue weighted by molar-refractivity contribution is 5.79. The molecule has 7 heteroatoms. The quantitative estimate of drug-likeness (QED) is 0.911. The minimum Gasteiger partial charge on any atom is -0.484 e. The first-order valence-electron chi connectivity index (χ1n) is 6.08. The molecule has 1 heterocycles. The van der Waals surface area contributed by atoms with Crippen LogP contribution in [-0.2, 0) is 11.2 Å². The fourth-order valence-corrected chi connectivity index (χ4v) is 1.86. The molecule has 0 aliphatic carbocycles. The molecule has 1 aromatic rings. The third kappa shape index (κ3) is 4.12. The minimum absolute atomic E-state index is 0.0793. The summed E-state index contributed by atoms with van der Waals surface area (Å²) in [5.41, 5.74) is 0.580. The Bertz CT molecular complexity index is 484. The molecule has 1 N–H and O–H groups in total. The average molecular weight is 289 g/mol. The lowest BCUT2D eigenvalue weighted by Crippen LogP contribution is -2.53. The van der Waals surface area contributed by atoms with Crippen LogP contribution in [-0.4, -0.2) is 47.9 Å². The highest BCUT2D eigenvalue weighted by atomic mass is 19.4. The number of amides is 1. The fourth-order valence-electron chi connectivity index (χ4n) is 1.86. The van der Waals surface area contributed by atoms with E-state index in [4.69, 9.17) is 5.11 Å². The van der Waals surface area contributed by atoms with E-state index in [-0.39, 0.29) is 18.1 Å². The molecule has 0 bridgehead atoms. The van der Waals surface area contributed by atoms with E-state index in [0.29, 0.717) is 18.7 Å². The SMILES string of the molecule is O=C(Cc1cccc(OCC(F)(F)F)c1)N1CC(O)C1. The van der Waals surface area contributed by atoms with Gasteiger partial charge in [0.05, 0.1) is 12.5 Å². The van der Waals surface area contributed by atoms with Crippen molar-refractivity contribution in [3.63, 3.8) is 0 Å². The zero-order valence-corrected chi connectivity index (χ0v) is 10.6. The molecule has 20 heavy (non-hydrogen) atoms. The Balaban J connectivity index is 1.90. The van der Waals surface area contributed by atoms with Gasteiger partial charge in [-0.05, 0) is 17.7 Å². The van der Waals surface area contributed by atoms with Crippen LogP contribution < -0.4 is 4.74 Å². The molecular weight excluding hydrogens is 275 g/mol. The van der Waals surface area contributed by atoms with Crippen molar-refractivity contribution >= 4 is 5.91 Å². The first-order valence-corrected chi connectivity index (χ1v) is 6.08. The molecule has 1 saturated heterocycles. The van der Waals surface area contributed by atoms with E-state index in [1.807, 2.05) is 0 Å². The zero-order valence-electron chi connectivity index (χ0n) is 10.6. The minimum atomic E-state index is -4.39. The fraction of sp³-hybridized carbons (Fsp3) is 0.462. The Kier molecular flexibility index (Phi) is 4.17. The zero-order chi connectivity index (χ0) is 14.8. The molecule has 0 atom stereocenters. The van der Waals surface area contributed by atoms with Crippen LogP contribution in [0.4, 0.5) is 13.2 Å². The van der Waals surface area contributed by atoms with Crippen molar-refractivity contribution in [2.45, 2.75) is 18.7 Å². The van der Waals surface area contributed by atoms with Gasteiger partial charge in [-0.1, -0.05) is 12.1 Å². The van der Waals surface area contributed by atoms with Crippen molar-refractivity contribution in [3.05, 3.63) is 29.8 Å². The van der Waals surface area contributed by atoms with Gasteiger partial charge in [0, 0.05) is 13.1 Å². The van der Waals surface area contributed by atoms with Crippen molar-refractivity contribution in [2.24, 2.45) is 0 Å². The highest BCUT2D eigenvalue weighted by Gasteiger charge is 2.29. The Labute approximate surface area is 113 Å². The summed E-state index contributed by atoms with van der Waals surface area (Å²) >= 11 is 0. The number of carbonyl (C=O) groups excluding carboxylic acids is 1. The summed E-state index contributed by atoms with van der Waals surface area (Å²) in [6.45, 7) is -0.741. The van der Waals surface area contributed by atoms with Crippen LogP contribution >= 0.6 is 0 Å². The molecule has 1 amide bonds. The molecule has 0 aromatic heterocycles. The van der Waals surface area contributed by atoms with Crippen LogP contribution in [0.25, 0.3) is 0 Å². The summed E-state index contributed by atoms with van der Waals surface area (Å²) in [4.78, 5) is 13.3. The van der Waals surface area contributed by atoms with Crippen LogP contribution in [0.5, 0.6) is 5.75 Å². The summed E-state index contributed by atoms with van der Waals surface area (Å²) in [7, 11) is 0. The Hall–Kier alpha value is -1.76. The first-order chi connectivity index (χ1) is 9.33. The van der Waals surface area contributed by atoms with Gasteiger partial charge in [-0.3, -0.25) is 4.79 Å². The van der Waals surface area contributed by atoms with Gasteiger partial charge in [-0.15, -0.1) is 0 Å². The first kappa shape index (κ1) is 14.6. The van der Waals surface area contributed by atoms with Gasteiger partial charge in [0.1, 0.15) is 5.75 Å². The van der Waals surface area contributed by atoms with E-state index < -0.39 is 18.9 Å². The predicted molar refractivity (Wildman–Crippen MR) is 64.3 cm³/mol. The standard InChI is InChI=1S/C13H14F3NO3/c14-13(15,16)8-20-11-3-1-2-9(4-11)5-12(19)17-6-10(18)7-17/h1-4,10,18H,5-8H2. The van der Waals surface area contributed by atoms with Crippen LogP contribution in [0, 0.1) is 0 Å². The number of β-amino-alcohol motifs (C(OH)–C–C–N with tert-alkyl or cyclic N) is 1. The van der Waals surface area contributed by atoms with Crippen molar-refractivity contribution in [3.8, 4) is 5.75 Å². The highest BCUT2D eigenvalue weighted by Crippen LogP contribution is 2.20. The Morgan fingerprint density at radius 1 is 1.40 bits per heavy atom. The molecule has 0 saturated carbocycles. The summed E-state index contributed by atoms with van der Waals surface area (Å²) in [6, 6.07) is 6.01. The second-order valence-electron chi connectivity index (χ2n) is 4.68. The number of alkyl halides is 3. The summed E-state index contributed by atoms with van der Waals surface area (Å²) in [5, 5.41) is 9.10. The molecule has 1 aliphatic rings. The maximum atomic E-state index is 12.0. The lowest BCUT2D eigenvalue weighted by atomic mass is 10.1. The van der Waals surface area contributed by atoms with Crippen LogP contribution in [0.3, 0.4) is 0 Å².